The molecule has 0 fully saturated rings. The molecular weight excluding hydrogens is 330 g/mol. The fourth-order valence-corrected chi connectivity index (χ4v) is 3.03. The first-order valence-electron chi connectivity index (χ1n) is 5.20. The molecule has 0 aliphatic carbocycles. The van der Waals surface area contributed by atoms with Crippen LogP contribution in [-0.4, -0.2) is 15.8 Å². The van der Waals surface area contributed by atoms with Crippen LogP contribution in [0.1, 0.15) is 19.4 Å². The predicted molar refractivity (Wildman–Crippen MR) is 78.5 cm³/mol. The summed E-state index contributed by atoms with van der Waals surface area (Å²) in [5.41, 5.74) is 3.41. The summed E-state index contributed by atoms with van der Waals surface area (Å²) < 4.78 is -0.296. The number of benzene rings is 1. The third-order valence-corrected chi connectivity index (χ3v) is 6.47. The van der Waals surface area contributed by atoms with E-state index in [1.165, 1.54) is 11.3 Å². The molecule has 86 valence electrons. The summed E-state index contributed by atoms with van der Waals surface area (Å²) in [5.74, 6) is 0. The molecule has 3 heteroatoms. The maximum absolute atomic E-state index is 4.22. The summed E-state index contributed by atoms with van der Waals surface area (Å²) in [5, 5.41) is 0. The molecule has 16 heavy (non-hydrogen) atoms. The average Bonchev–Trinajstić information content (AvgIpc) is 2.25. The van der Waals surface area contributed by atoms with Crippen LogP contribution in [-0.2, 0) is 0 Å². The molecular formula is C13H15Br2N. The van der Waals surface area contributed by atoms with Gasteiger partial charge in [-0.2, -0.15) is 0 Å². The van der Waals surface area contributed by atoms with Crippen LogP contribution in [0.2, 0.25) is 0 Å². The number of fused-ring (bicyclic) bond motifs is 1. The Labute approximate surface area is 114 Å². The average molecular weight is 345 g/mol. The summed E-state index contributed by atoms with van der Waals surface area (Å²) in [6.45, 7) is 8.60. The van der Waals surface area contributed by atoms with Gasteiger partial charge in [0.15, 0.2) is 0 Å². The Morgan fingerprint density at radius 1 is 1.19 bits per heavy atom. The van der Waals surface area contributed by atoms with Crippen LogP contribution in [0.3, 0.4) is 0 Å². The quantitative estimate of drug-likeness (QED) is 0.630. The van der Waals surface area contributed by atoms with E-state index in [9.17, 15) is 0 Å². The highest BCUT2D eigenvalue weighted by Crippen LogP contribution is 2.55. The van der Waals surface area contributed by atoms with Crippen LogP contribution in [0.5, 0.6) is 0 Å². The van der Waals surface area contributed by atoms with Crippen LogP contribution in [0.4, 0.5) is 5.69 Å². The molecule has 1 aliphatic rings. The van der Waals surface area contributed by atoms with Crippen molar-refractivity contribution in [2.24, 2.45) is 0 Å². The van der Waals surface area contributed by atoms with E-state index in [0.717, 1.165) is 5.57 Å². The van der Waals surface area contributed by atoms with E-state index in [1.54, 1.807) is 0 Å². The maximum Gasteiger partial charge on any atom is 0.128 e. The summed E-state index contributed by atoms with van der Waals surface area (Å²) in [6.07, 6.45) is 0. The van der Waals surface area contributed by atoms with Gasteiger partial charge in [0.2, 0.25) is 0 Å². The van der Waals surface area contributed by atoms with E-state index in [0.29, 0.717) is 0 Å². The lowest BCUT2D eigenvalue weighted by Crippen LogP contribution is -2.56. The summed E-state index contributed by atoms with van der Waals surface area (Å²) in [6, 6.07) is 8.36. The van der Waals surface area contributed by atoms with Gasteiger partial charge in [-0.25, -0.2) is 0 Å². The number of hydrogen-bond donors (Lipinski definition) is 0. The molecule has 0 unspecified atom stereocenters. The Morgan fingerprint density at radius 3 is 2.38 bits per heavy atom. The van der Waals surface area contributed by atoms with Crippen LogP contribution in [0.25, 0.3) is 5.57 Å². The zero-order chi connectivity index (χ0) is 12.1. The zero-order valence-electron chi connectivity index (χ0n) is 9.72. The van der Waals surface area contributed by atoms with Crippen molar-refractivity contribution in [2.75, 3.05) is 11.9 Å². The van der Waals surface area contributed by atoms with Gasteiger partial charge in [0.1, 0.15) is 3.23 Å². The third kappa shape index (κ3) is 1.41. The Balaban J connectivity index is 2.70. The Morgan fingerprint density at radius 2 is 1.75 bits per heavy atom. The molecule has 0 atom stereocenters. The highest BCUT2D eigenvalue weighted by molar-refractivity contribution is 9.25. The molecule has 1 aromatic carbocycles. The Bertz CT molecular complexity index is 449. The van der Waals surface area contributed by atoms with Gasteiger partial charge in [0, 0.05) is 18.3 Å². The number of alkyl halides is 2. The zero-order valence-corrected chi connectivity index (χ0v) is 12.9. The highest BCUT2D eigenvalue weighted by Gasteiger charge is 2.50. The van der Waals surface area contributed by atoms with Crippen molar-refractivity contribution in [3.05, 3.63) is 36.4 Å². The largest absolute Gasteiger partial charge is 0.366 e. The second kappa shape index (κ2) is 3.61. The topological polar surface area (TPSA) is 3.24 Å². The number of halogens is 2. The van der Waals surface area contributed by atoms with Gasteiger partial charge in [-0.3, -0.25) is 0 Å². The fourth-order valence-electron chi connectivity index (χ4n) is 2.07. The fraction of sp³-hybridized carbons (Fsp3) is 0.385. The number of rotatable bonds is 0. The van der Waals surface area contributed by atoms with Crippen LogP contribution >= 0.6 is 31.9 Å². The number of para-hydroxylation sites is 1. The molecule has 0 bridgehead atoms. The lowest BCUT2D eigenvalue weighted by molar-refractivity contribution is 0.489. The van der Waals surface area contributed by atoms with Crippen molar-refractivity contribution in [1.29, 1.82) is 0 Å². The first-order valence-corrected chi connectivity index (χ1v) is 6.79. The second-order valence-corrected chi connectivity index (χ2v) is 8.13. The summed E-state index contributed by atoms with van der Waals surface area (Å²) >= 11 is 7.53. The first kappa shape index (κ1) is 12.2. The number of hydrogen-bond acceptors (Lipinski definition) is 1. The molecule has 1 nitrogen and oxygen atoms in total. The first-order chi connectivity index (χ1) is 7.30. The smallest absolute Gasteiger partial charge is 0.128 e. The van der Waals surface area contributed by atoms with Crippen molar-refractivity contribution >= 4 is 43.1 Å². The normalized spacial score (nSPS) is 21.8. The summed E-state index contributed by atoms with van der Waals surface area (Å²) in [4.78, 5) is 2.28. The molecule has 0 radical (unpaired) electrons. The second-order valence-electron chi connectivity index (χ2n) is 4.69. The summed E-state index contributed by atoms with van der Waals surface area (Å²) in [7, 11) is 2.11. The molecule has 0 saturated carbocycles. The SMILES string of the molecule is C=C1c2ccccc2N(C)C(C)(C)C1(Br)Br. The number of nitrogens with zero attached hydrogens (tertiary/aromatic N) is 1. The Kier molecular flexibility index (Phi) is 2.75. The van der Waals surface area contributed by atoms with E-state index < -0.39 is 0 Å². The van der Waals surface area contributed by atoms with Gasteiger partial charge >= 0.3 is 0 Å². The van der Waals surface area contributed by atoms with Crippen molar-refractivity contribution < 1.29 is 0 Å². The number of anilines is 1. The lowest BCUT2D eigenvalue weighted by Gasteiger charge is -2.51. The van der Waals surface area contributed by atoms with Crippen molar-refractivity contribution in [1.82, 2.24) is 0 Å². The lowest BCUT2D eigenvalue weighted by atomic mass is 9.84. The van der Waals surface area contributed by atoms with Gasteiger partial charge in [-0.05, 0) is 25.5 Å². The third-order valence-electron chi connectivity index (χ3n) is 3.58. The minimum atomic E-state index is -0.296. The Hall–Kier alpha value is -0.280. The molecule has 0 saturated heterocycles. The van der Waals surface area contributed by atoms with Gasteiger partial charge in [-0.15, -0.1) is 0 Å². The molecule has 1 heterocycles. The monoisotopic (exact) mass is 343 g/mol. The minimum absolute atomic E-state index is 0.0849. The van der Waals surface area contributed by atoms with E-state index in [4.69, 9.17) is 0 Å². The molecule has 1 aliphatic heterocycles. The maximum atomic E-state index is 4.22. The van der Waals surface area contributed by atoms with E-state index >= 15 is 0 Å². The van der Waals surface area contributed by atoms with E-state index in [1.807, 2.05) is 6.07 Å². The molecule has 0 N–H and O–H groups in total. The minimum Gasteiger partial charge on any atom is -0.366 e. The molecule has 0 spiro atoms. The van der Waals surface area contributed by atoms with Gasteiger partial charge < -0.3 is 4.90 Å². The standard InChI is InChI=1S/C13H15Br2N/c1-9-10-7-5-6-8-11(10)16(4)12(2,3)13(9,14)15/h5-8H,1H2,2-4H3. The van der Waals surface area contributed by atoms with Crippen LogP contribution in [0, 0.1) is 0 Å². The predicted octanol–water partition coefficient (Wildman–Crippen LogP) is 4.41. The van der Waals surface area contributed by atoms with Crippen LogP contribution in [0.15, 0.2) is 30.8 Å². The van der Waals surface area contributed by atoms with Crippen molar-refractivity contribution in [3.8, 4) is 0 Å². The van der Waals surface area contributed by atoms with E-state index in [-0.39, 0.29) is 8.77 Å². The molecule has 0 amide bonds. The van der Waals surface area contributed by atoms with Gasteiger partial charge in [-0.1, -0.05) is 56.6 Å². The van der Waals surface area contributed by atoms with Crippen LogP contribution < -0.4 is 4.90 Å². The van der Waals surface area contributed by atoms with E-state index in [2.05, 4.69) is 82.4 Å². The van der Waals surface area contributed by atoms with Crippen molar-refractivity contribution in [2.45, 2.75) is 22.6 Å². The van der Waals surface area contributed by atoms with Crippen molar-refractivity contribution in [3.63, 3.8) is 0 Å². The molecule has 2 rings (SSSR count). The van der Waals surface area contributed by atoms with Gasteiger partial charge in [0.25, 0.3) is 0 Å². The highest BCUT2D eigenvalue weighted by atomic mass is 79.9. The van der Waals surface area contributed by atoms with Gasteiger partial charge in [0.05, 0.1) is 5.54 Å². The molecule has 0 aromatic heterocycles. The molecule has 1 aromatic rings.